The Morgan fingerprint density at radius 3 is 2.86 bits per heavy atom. The molecule has 1 unspecified atom stereocenters. The number of nitrogens with one attached hydrogen (secondary N) is 1. The fraction of sp³-hybridized carbons (Fsp3) is 0.375. The average Bonchev–Trinajstić information content (AvgIpc) is 2.90. The summed E-state index contributed by atoms with van der Waals surface area (Å²) in [6, 6.07) is 9.37. The van der Waals surface area contributed by atoms with E-state index in [9.17, 15) is 9.59 Å². The molecule has 0 aliphatic carbocycles. The van der Waals surface area contributed by atoms with Crippen LogP contribution in [0.25, 0.3) is 10.9 Å². The predicted octanol–water partition coefficient (Wildman–Crippen LogP) is 2.64. The highest BCUT2D eigenvalue weighted by atomic mass is 16.4. The minimum Gasteiger partial charge on any atom is -0.481 e. The Kier molecular flexibility index (Phi) is 3.64. The molecule has 110 valence electrons. The summed E-state index contributed by atoms with van der Waals surface area (Å²) in [6.45, 7) is 0.631. The zero-order valence-electron chi connectivity index (χ0n) is 11.7. The molecule has 2 aromatic rings. The zero-order valence-corrected chi connectivity index (χ0v) is 11.7. The van der Waals surface area contributed by atoms with Crippen molar-refractivity contribution in [1.82, 2.24) is 9.88 Å². The van der Waals surface area contributed by atoms with Crippen LogP contribution in [0.3, 0.4) is 0 Å². The van der Waals surface area contributed by atoms with E-state index in [-0.39, 0.29) is 18.4 Å². The number of fused-ring (bicyclic) bond motifs is 1. The van der Waals surface area contributed by atoms with Crippen LogP contribution < -0.4 is 0 Å². The fourth-order valence-electron chi connectivity index (χ4n) is 3.03. The Balaban J connectivity index is 1.86. The lowest BCUT2D eigenvalue weighted by molar-refractivity contribution is -0.138. The summed E-state index contributed by atoms with van der Waals surface area (Å²) < 4.78 is 0. The highest BCUT2D eigenvalue weighted by Crippen LogP contribution is 2.23. The highest BCUT2D eigenvalue weighted by Gasteiger charge is 2.29. The van der Waals surface area contributed by atoms with Crippen molar-refractivity contribution in [2.75, 3.05) is 6.54 Å². The molecular formula is C16H18N2O3. The minimum absolute atomic E-state index is 0.0198. The first kappa shape index (κ1) is 13.7. The number of rotatable bonds is 3. The van der Waals surface area contributed by atoms with E-state index in [1.807, 2.05) is 30.3 Å². The van der Waals surface area contributed by atoms with Crippen molar-refractivity contribution in [3.8, 4) is 0 Å². The van der Waals surface area contributed by atoms with Gasteiger partial charge in [-0.3, -0.25) is 9.59 Å². The van der Waals surface area contributed by atoms with E-state index in [1.165, 1.54) is 0 Å². The number of H-pyrrole nitrogens is 1. The average molecular weight is 286 g/mol. The molecule has 1 aromatic heterocycles. The molecule has 0 radical (unpaired) electrons. The van der Waals surface area contributed by atoms with Crippen LogP contribution in [-0.2, 0) is 4.79 Å². The second-order valence-electron chi connectivity index (χ2n) is 5.52. The van der Waals surface area contributed by atoms with Gasteiger partial charge in [-0.2, -0.15) is 0 Å². The molecule has 0 saturated carbocycles. The monoisotopic (exact) mass is 286 g/mol. The largest absolute Gasteiger partial charge is 0.481 e. The number of carboxylic acids is 1. The number of aliphatic carboxylic acids is 1. The predicted molar refractivity (Wildman–Crippen MR) is 79.2 cm³/mol. The van der Waals surface area contributed by atoms with E-state index in [1.54, 1.807) is 4.90 Å². The third-order valence-electron chi connectivity index (χ3n) is 4.06. The molecule has 1 atom stereocenters. The molecule has 1 aliphatic rings. The highest BCUT2D eigenvalue weighted by molar-refractivity contribution is 5.98. The maximum atomic E-state index is 12.7. The van der Waals surface area contributed by atoms with Gasteiger partial charge in [0.2, 0.25) is 0 Å². The Bertz CT molecular complexity index is 644. The number of amides is 1. The summed E-state index contributed by atoms with van der Waals surface area (Å²) >= 11 is 0. The summed E-state index contributed by atoms with van der Waals surface area (Å²) in [5.41, 5.74) is 1.46. The number of para-hydroxylation sites is 1. The molecule has 5 nitrogen and oxygen atoms in total. The second kappa shape index (κ2) is 5.60. The maximum Gasteiger partial charge on any atom is 0.305 e. The second-order valence-corrected chi connectivity index (χ2v) is 5.52. The molecule has 2 N–H and O–H groups in total. The van der Waals surface area contributed by atoms with Gasteiger partial charge >= 0.3 is 5.97 Å². The Hall–Kier alpha value is -2.30. The molecular weight excluding hydrogens is 268 g/mol. The van der Waals surface area contributed by atoms with Gasteiger partial charge in [0.25, 0.3) is 5.91 Å². The molecule has 0 bridgehead atoms. The summed E-state index contributed by atoms with van der Waals surface area (Å²) in [5.74, 6) is -0.950. The number of carbonyl (C=O) groups is 2. The molecule has 3 rings (SSSR count). The standard InChI is InChI=1S/C16H18N2O3/c19-15(20)10-12-6-3-4-8-18(12)16(21)14-9-11-5-1-2-7-13(11)17-14/h1-2,5,7,9,12,17H,3-4,6,8,10H2,(H,19,20). The summed E-state index contributed by atoms with van der Waals surface area (Å²) in [4.78, 5) is 28.5. The number of piperidine rings is 1. The lowest BCUT2D eigenvalue weighted by atomic mass is 9.99. The number of hydrogen-bond acceptors (Lipinski definition) is 2. The van der Waals surface area contributed by atoms with Crippen LogP contribution in [0.15, 0.2) is 30.3 Å². The number of aromatic nitrogens is 1. The van der Waals surface area contributed by atoms with Crippen LogP contribution in [0, 0.1) is 0 Å². The molecule has 5 heteroatoms. The number of hydrogen-bond donors (Lipinski definition) is 2. The topological polar surface area (TPSA) is 73.4 Å². The van der Waals surface area contributed by atoms with Crippen molar-refractivity contribution < 1.29 is 14.7 Å². The summed E-state index contributed by atoms with van der Waals surface area (Å²) in [7, 11) is 0. The van der Waals surface area contributed by atoms with E-state index in [2.05, 4.69) is 4.98 Å². The first-order chi connectivity index (χ1) is 10.1. The van der Waals surface area contributed by atoms with E-state index >= 15 is 0 Å². The van der Waals surface area contributed by atoms with E-state index < -0.39 is 5.97 Å². The Morgan fingerprint density at radius 2 is 2.10 bits per heavy atom. The first-order valence-corrected chi connectivity index (χ1v) is 7.25. The molecule has 1 fully saturated rings. The third-order valence-corrected chi connectivity index (χ3v) is 4.06. The number of carbonyl (C=O) groups excluding carboxylic acids is 1. The number of aromatic amines is 1. The molecule has 1 aliphatic heterocycles. The van der Waals surface area contributed by atoms with Gasteiger partial charge in [0, 0.05) is 23.5 Å². The lowest BCUT2D eigenvalue weighted by Gasteiger charge is -2.34. The van der Waals surface area contributed by atoms with Gasteiger partial charge in [0.05, 0.1) is 6.42 Å². The van der Waals surface area contributed by atoms with E-state index in [0.29, 0.717) is 12.2 Å². The molecule has 2 heterocycles. The van der Waals surface area contributed by atoms with Crippen molar-refractivity contribution in [2.45, 2.75) is 31.7 Å². The van der Waals surface area contributed by atoms with Gasteiger partial charge in [-0.15, -0.1) is 0 Å². The molecule has 1 aromatic carbocycles. The summed E-state index contributed by atoms with van der Waals surface area (Å²) in [6.07, 6.45) is 2.70. The van der Waals surface area contributed by atoms with Crippen LogP contribution in [-0.4, -0.2) is 39.5 Å². The van der Waals surface area contributed by atoms with Crippen molar-refractivity contribution in [3.05, 3.63) is 36.0 Å². The van der Waals surface area contributed by atoms with Gasteiger partial charge in [-0.25, -0.2) is 0 Å². The summed E-state index contributed by atoms with van der Waals surface area (Å²) in [5, 5.41) is 10.00. The van der Waals surface area contributed by atoms with Gasteiger partial charge in [-0.1, -0.05) is 18.2 Å². The van der Waals surface area contributed by atoms with Crippen LogP contribution in [0.4, 0.5) is 0 Å². The minimum atomic E-state index is -0.851. The van der Waals surface area contributed by atoms with E-state index in [0.717, 1.165) is 30.2 Å². The molecule has 1 saturated heterocycles. The Labute approximate surface area is 122 Å². The maximum absolute atomic E-state index is 12.7. The van der Waals surface area contributed by atoms with Crippen LogP contribution in [0.1, 0.15) is 36.2 Å². The van der Waals surface area contributed by atoms with Gasteiger partial charge in [0.1, 0.15) is 5.69 Å². The number of likely N-dealkylation sites (tertiary alicyclic amines) is 1. The smallest absolute Gasteiger partial charge is 0.305 e. The van der Waals surface area contributed by atoms with Gasteiger partial charge < -0.3 is 15.0 Å². The molecule has 21 heavy (non-hydrogen) atoms. The number of benzene rings is 1. The van der Waals surface area contributed by atoms with Crippen molar-refractivity contribution in [1.29, 1.82) is 0 Å². The van der Waals surface area contributed by atoms with Crippen molar-refractivity contribution in [3.63, 3.8) is 0 Å². The fourth-order valence-corrected chi connectivity index (χ4v) is 3.03. The third kappa shape index (κ3) is 2.77. The van der Waals surface area contributed by atoms with Crippen molar-refractivity contribution >= 4 is 22.8 Å². The zero-order chi connectivity index (χ0) is 14.8. The number of carboxylic acid groups (broad SMARTS) is 1. The van der Waals surface area contributed by atoms with E-state index in [4.69, 9.17) is 5.11 Å². The quantitative estimate of drug-likeness (QED) is 0.911. The van der Waals surface area contributed by atoms with Crippen LogP contribution in [0.2, 0.25) is 0 Å². The Morgan fingerprint density at radius 1 is 1.29 bits per heavy atom. The van der Waals surface area contributed by atoms with Crippen LogP contribution in [0.5, 0.6) is 0 Å². The normalized spacial score (nSPS) is 18.9. The van der Waals surface area contributed by atoms with Crippen molar-refractivity contribution in [2.24, 2.45) is 0 Å². The molecule has 0 spiro atoms. The first-order valence-electron chi connectivity index (χ1n) is 7.25. The number of nitrogens with zero attached hydrogens (tertiary/aromatic N) is 1. The molecule has 1 amide bonds. The van der Waals surface area contributed by atoms with Gasteiger partial charge in [-0.05, 0) is 31.4 Å². The van der Waals surface area contributed by atoms with Gasteiger partial charge in [0.15, 0.2) is 0 Å². The van der Waals surface area contributed by atoms with Crippen LogP contribution >= 0.6 is 0 Å². The SMILES string of the molecule is O=C(O)CC1CCCCN1C(=O)c1cc2ccccc2[nH]1. The lowest BCUT2D eigenvalue weighted by Crippen LogP contribution is -2.44.